The van der Waals surface area contributed by atoms with E-state index in [0.29, 0.717) is 6.42 Å². The molecule has 2 aromatic rings. The largest absolute Gasteiger partial charge is 0.466 e. The van der Waals surface area contributed by atoms with Gasteiger partial charge in [-0.15, -0.1) is 0 Å². The van der Waals surface area contributed by atoms with Crippen LogP contribution in [0.25, 0.3) is 0 Å². The Morgan fingerprint density at radius 2 is 1.90 bits per heavy atom. The van der Waals surface area contributed by atoms with Crippen LogP contribution in [0.1, 0.15) is 39.8 Å². The Morgan fingerprint density at radius 1 is 1.20 bits per heavy atom. The smallest absolute Gasteiger partial charge is 0.123 e. The molecule has 0 aliphatic heterocycles. The van der Waals surface area contributed by atoms with Gasteiger partial charge in [-0.05, 0) is 62.9 Å². The molecule has 1 atom stereocenters. The van der Waals surface area contributed by atoms with Crippen LogP contribution in [0.2, 0.25) is 0 Å². The summed E-state index contributed by atoms with van der Waals surface area (Å²) in [4.78, 5) is 0. The number of halogens is 1. The molecule has 0 bridgehead atoms. The second kappa shape index (κ2) is 5.77. The van der Waals surface area contributed by atoms with Crippen LogP contribution in [0.4, 0.5) is 4.39 Å². The number of rotatable bonds is 4. The summed E-state index contributed by atoms with van der Waals surface area (Å²) in [6.07, 6.45) is 0.698. The van der Waals surface area contributed by atoms with Crippen LogP contribution in [0, 0.1) is 33.5 Å². The van der Waals surface area contributed by atoms with E-state index in [9.17, 15) is 4.39 Å². The number of hydrazine groups is 1. The number of hydrogen-bond donors (Lipinski definition) is 2. The van der Waals surface area contributed by atoms with Crippen molar-refractivity contribution in [2.24, 2.45) is 5.84 Å². The molecule has 1 aromatic heterocycles. The predicted molar refractivity (Wildman–Crippen MR) is 77.8 cm³/mol. The third kappa shape index (κ3) is 2.76. The Labute approximate surface area is 118 Å². The lowest BCUT2D eigenvalue weighted by molar-refractivity contribution is 0.484. The van der Waals surface area contributed by atoms with Gasteiger partial charge in [-0.3, -0.25) is 11.3 Å². The van der Waals surface area contributed by atoms with Gasteiger partial charge in [0.05, 0.1) is 6.04 Å². The van der Waals surface area contributed by atoms with Crippen LogP contribution < -0.4 is 11.3 Å². The van der Waals surface area contributed by atoms with Gasteiger partial charge >= 0.3 is 0 Å². The minimum Gasteiger partial charge on any atom is -0.466 e. The summed E-state index contributed by atoms with van der Waals surface area (Å²) in [7, 11) is 0. The van der Waals surface area contributed by atoms with Crippen LogP contribution >= 0.6 is 0 Å². The van der Waals surface area contributed by atoms with Crippen LogP contribution in [-0.2, 0) is 6.42 Å². The molecule has 0 aliphatic carbocycles. The third-order valence-electron chi connectivity index (χ3n) is 3.90. The van der Waals surface area contributed by atoms with Crippen molar-refractivity contribution < 1.29 is 8.81 Å². The zero-order chi connectivity index (χ0) is 14.9. The Bertz CT molecular complexity index is 619. The van der Waals surface area contributed by atoms with Gasteiger partial charge in [0.25, 0.3) is 0 Å². The normalized spacial score (nSPS) is 12.7. The zero-order valence-corrected chi connectivity index (χ0v) is 12.4. The fourth-order valence-electron chi connectivity index (χ4n) is 2.67. The average Bonchev–Trinajstić information content (AvgIpc) is 2.63. The Morgan fingerprint density at radius 3 is 2.40 bits per heavy atom. The predicted octanol–water partition coefficient (Wildman–Crippen LogP) is 3.40. The van der Waals surface area contributed by atoms with E-state index in [1.807, 2.05) is 33.8 Å². The van der Waals surface area contributed by atoms with E-state index < -0.39 is 0 Å². The van der Waals surface area contributed by atoms with Gasteiger partial charge in [0.2, 0.25) is 0 Å². The molecule has 1 heterocycles. The molecular formula is C16H21FN2O. The molecule has 1 aromatic carbocycles. The van der Waals surface area contributed by atoms with E-state index in [4.69, 9.17) is 10.3 Å². The first-order valence-corrected chi connectivity index (χ1v) is 6.71. The SMILES string of the molecule is Cc1cc(F)ccc1CC(NN)c1c(C)oc(C)c1C. The molecule has 0 radical (unpaired) electrons. The molecule has 3 nitrogen and oxygen atoms in total. The molecule has 0 amide bonds. The van der Waals surface area contributed by atoms with Crippen molar-refractivity contribution >= 4 is 0 Å². The maximum Gasteiger partial charge on any atom is 0.123 e. The molecule has 3 N–H and O–H groups in total. The lowest BCUT2D eigenvalue weighted by Gasteiger charge is -2.18. The van der Waals surface area contributed by atoms with Gasteiger partial charge in [0.1, 0.15) is 17.3 Å². The molecule has 0 spiro atoms. The summed E-state index contributed by atoms with van der Waals surface area (Å²) in [5, 5.41) is 0. The van der Waals surface area contributed by atoms with E-state index in [-0.39, 0.29) is 11.9 Å². The fraction of sp³-hybridized carbons (Fsp3) is 0.375. The quantitative estimate of drug-likeness (QED) is 0.664. The monoisotopic (exact) mass is 276 g/mol. The standard InChI is InChI=1S/C16H21FN2O/c1-9-7-14(17)6-5-13(9)8-15(19-18)16-10(2)11(3)20-12(16)4/h5-7,15,19H,8,18H2,1-4H3. The summed E-state index contributed by atoms with van der Waals surface area (Å²) in [6, 6.07) is 4.79. The van der Waals surface area contributed by atoms with Crippen molar-refractivity contribution in [3.8, 4) is 0 Å². The third-order valence-corrected chi connectivity index (χ3v) is 3.90. The van der Waals surface area contributed by atoms with Crippen molar-refractivity contribution in [1.29, 1.82) is 0 Å². The van der Waals surface area contributed by atoms with E-state index >= 15 is 0 Å². The number of furan rings is 1. The second-order valence-electron chi connectivity index (χ2n) is 5.25. The van der Waals surface area contributed by atoms with Gasteiger partial charge in [-0.25, -0.2) is 4.39 Å². The van der Waals surface area contributed by atoms with E-state index in [1.165, 1.54) is 6.07 Å². The number of nitrogens with one attached hydrogen (secondary N) is 1. The topological polar surface area (TPSA) is 51.2 Å². The molecule has 1 unspecified atom stereocenters. The zero-order valence-electron chi connectivity index (χ0n) is 12.4. The van der Waals surface area contributed by atoms with Gasteiger partial charge in [-0.1, -0.05) is 6.07 Å². The van der Waals surface area contributed by atoms with Gasteiger partial charge in [-0.2, -0.15) is 0 Å². The Kier molecular flexibility index (Phi) is 4.26. The molecule has 108 valence electrons. The van der Waals surface area contributed by atoms with Crippen molar-refractivity contribution in [3.05, 3.63) is 57.8 Å². The number of benzene rings is 1. The summed E-state index contributed by atoms with van der Waals surface area (Å²) in [5.74, 6) is 7.29. The number of nitrogens with two attached hydrogens (primary N) is 1. The number of hydrogen-bond acceptors (Lipinski definition) is 3. The maximum absolute atomic E-state index is 13.2. The van der Waals surface area contributed by atoms with Crippen molar-refractivity contribution in [3.63, 3.8) is 0 Å². The first kappa shape index (κ1) is 14.8. The highest BCUT2D eigenvalue weighted by atomic mass is 19.1. The second-order valence-corrected chi connectivity index (χ2v) is 5.25. The lowest BCUT2D eigenvalue weighted by atomic mass is 9.94. The average molecular weight is 276 g/mol. The van der Waals surface area contributed by atoms with Crippen LogP contribution in [0.5, 0.6) is 0 Å². The summed E-state index contributed by atoms with van der Waals surface area (Å²) < 4.78 is 18.8. The first-order valence-electron chi connectivity index (χ1n) is 6.71. The molecule has 2 rings (SSSR count). The van der Waals surface area contributed by atoms with Crippen molar-refractivity contribution in [2.75, 3.05) is 0 Å². The Hall–Kier alpha value is -1.65. The maximum atomic E-state index is 13.2. The number of aryl methyl sites for hydroxylation is 3. The minimum absolute atomic E-state index is 0.0448. The molecule has 0 saturated carbocycles. The molecular weight excluding hydrogens is 255 g/mol. The van der Waals surface area contributed by atoms with E-state index in [1.54, 1.807) is 6.07 Å². The van der Waals surface area contributed by atoms with Gasteiger partial charge in [0.15, 0.2) is 0 Å². The fourth-order valence-corrected chi connectivity index (χ4v) is 2.67. The van der Waals surface area contributed by atoms with Gasteiger partial charge < -0.3 is 4.42 Å². The van der Waals surface area contributed by atoms with Gasteiger partial charge in [0, 0.05) is 5.56 Å². The summed E-state index contributed by atoms with van der Waals surface area (Å²) in [5.41, 5.74) is 7.06. The van der Waals surface area contributed by atoms with Crippen molar-refractivity contribution in [2.45, 2.75) is 40.2 Å². The molecule has 4 heteroatoms. The molecule has 20 heavy (non-hydrogen) atoms. The van der Waals surface area contributed by atoms with E-state index in [0.717, 1.165) is 33.8 Å². The minimum atomic E-state index is -0.213. The highest BCUT2D eigenvalue weighted by Crippen LogP contribution is 2.29. The van der Waals surface area contributed by atoms with Crippen LogP contribution in [0.3, 0.4) is 0 Å². The molecule has 0 saturated heterocycles. The highest BCUT2D eigenvalue weighted by Gasteiger charge is 2.21. The van der Waals surface area contributed by atoms with Crippen LogP contribution in [-0.4, -0.2) is 0 Å². The lowest BCUT2D eigenvalue weighted by Crippen LogP contribution is -2.30. The first-order chi connectivity index (χ1) is 9.43. The Balaban J connectivity index is 2.33. The van der Waals surface area contributed by atoms with E-state index in [2.05, 4.69) is 5.43 Å². The van der Waals surface area contributed by atoms with Crippen molar-refractivity contribution in [1.82, 2.24) is 5.43 Å². The summed E-state index contributed by atoms with van der Waals surface area (Å²) >= 11 is 0. The molecule has 0 fully saturated rings. The van der Waals surface area contributed by atoms with Crippen LogP contribution in [0.15, 0.2) is 22.6 Å². The highest BCUT2D eigenvalue weighted by molar-refractivity contribution is 5.36. The summed E-state index contributed by atoms with van der Waals surface area (Å²) in [6.45, 7) is 7.83. The molecule has 0 aliphatic rings.